The number of benzene rings is 1. The van der Waals surface area contributed by atoms with E-state index in [2.05, 4.69) is 0 Å². The number of amides is 2. The number of ether oxygens (including phenoxy) is 2. The van der Waals surface area contributed by atoms with Crippen LogP contribution in [0, 0.1) is 0 Å². The molecule has 0 spiro atoms. The number of allylic oxidation sites excluding steroid dienone is 2. The first-order valence-electron chi connectivity index (χ1n) is 10.6. The van der Waals surface area contributed by atoms with Crippen molar-refractivity contribution in [1.82, 2.24) is 4.90 Å². The fraction of sp³-hybridized carbons (Fsp3) is 0.333. The lowest BCUT2D eigenvalue weighted by Crippen LogP contribution is -2.41. The molecule has 0 bridgehead atoms. The van der Waals surface area contributed by atoms with Gasteiger partial charge in [0.05, 0.1) is 36.6 Å². The third-order valence-electron chi connectivity index (χ3n) is 6.01. The highest BCUT2D eigenvalue weighted by molar-refractivity contribution is 6.24. The van der Waals surface area contributed by atoms with E-state index < -0.39 is 11.9 Å². The number of anilines is 1. The predicted octanol–water partition coefficient (Wildman–Crippen LogP) is 3.11. The van der Waals surface area contributed by atoms with Crippen LogP contribution in [0.2, 0.25) is 0 Å². The third kappa shape index (κ3) is 3.51. The Balaban J connectivity index is 1.85. The molecular weight excluding hydrogens is 412 g/mol. The summed E-state index contributed by atoms with van der Waals surface area (Å²) in [5.41, 5.74) is 0.686. The average Bonchev–Trinajstić information content (AvgIpc) is 2.96. The van der Waals surface area contributed by atoms with Crippen molar-refractivity contribution in [2.24, 2.45) is 0 Å². The van der Waals surface area contributed by atoms with Gasteiger partial charge >= 0.3 is 11.9 Å². The molecule has 1 saturated carbocycles. The second kappa shape index (κ2) is 8.82. The van der Waals surface area contributed by atoms with Gasteiger partial charge in [-0.2, -0.15) is 0 Å². The van der Waals surface area contributed by atoms with E-state index in [4.69, 9.17) is 9.47 Å². The number of methoxy groups -OCH3 is 2. The van der Waals surface area contributed by atoms with E-state index in [1.807, 2.05) is 0 Å². The number of carbonyl (C=O) groups is 4. The first-order valence-corrected chi connectivity index (χ1v) is 10.6. The van der Waals surface area contributed by atoms with Crippen LogP contribution in [0.1, 0.15) is 52.8 Å². The maximum Gasteiger partial charge on any atom is 0.355 e. The number of hydrogen-bond donors (Lipinski definition) is 0. The van der Waals surface area contributed by atoms with Gasteiger partial charge in [0.2, 0.25) is 0 Å². The van der Waals surface area contributed by atoms with Gasteiger partial charge in [0.1, 0.15) is 5.70 Å². The molecule has 2 heterocycles. The SMILES string of the molecule is COC(=O)C1=C(C(=O)OC)N(c2cccc3c2C(=O)N(C2CCCCC2)C3=O)C=CC=C1. The van der Waals surface area contributed by atoms with Gasteiger partial charge in [-0.15, -0.1) is 0 Å². The fourth-order valence-electron chi connectivity index (χ4n) is 4.51. The Bertz CT molecular complexity index is 1080. The van der Waals surface area contributed by atoms with Crippen LogP contribution in [0.5, 0.6) is 0 Å². The van der Waals surface area contributed by atoms with Crippen molar-refractivity contribution in [3.63, 3.8) is 0 Å². The van der Waals surface area contributed by atoms with Crippen LogP contribution in [0.25, 0.3) is 0 Å². The van der Waals surface area contributed by atoms with Crippen molar-refractivity contribution in [3.05, 3.63) is 65.0 Å². The molecule has 2 aliphatic heterocycles. The number of imide groups is 1. The van der Waals surface area contributed by atoms with Gasteiger partial charge in [-0.1, -0.05) is 31.4 Å². The number of esters is 2. The Morgan fingerprint density at radius 1 is 0.938 bits per heavy atom. The van der Waals surface area contributed by atoms with Crippen molar-refractivity contribution in [1.29, 1.82) is 0 Å². The Morgan fingerprint density at radius 2 is 1.66 bits per heavy atom. The molecule has 0 atom stereocenters. The van der Waals surface area contributed by atoms with Crippen LogP contribution in [-0.2, 0) is 19.1 Å². The molecule has 1 aromatic carbocycles. The zero-order chi connectivity index (χ0) is 22.8. The highest BCUT2D eigenvalue weighted by Gasteiger charge is 2.43. The zero-order valence-corrected chi connectivity index (χ0v) is 18.0. The van der Waals surface area contributed by atoms with Crippen LogP contribution in [0.3, 0.4) is 0 Å². The molecular formula is C24H24N2O6. The fourth-order valence-corrected chi connectivity index (χ4v) is 4.51. The Kier molecular flexibility index (Phi) is 5.94. The molecule has 2 amide bonds. The smallest absolute Gasteiger partial charge is 0.355 e. The standard InChI is InChI=1S/C24H24N2O6/c1-31-23(29)17-11-6-7-14-25(20(17)24(30)32-2)18-13-8-12-16-19(18)22(28)26(21(16)27)15-9-4-3-5-10-15/h6-8,11-15H,3-5,9-10H2,1-2H3. The zero-order valence-electron chi connectivity index (χ0n) is 18.0. The van der Waals surface area contributed by atoms with E-state index in [1.54, 1.807) is 36.6 Å². The molecule has 0 aromatic heterocycles. The minimum absolute atomic E-state index is 0.0251. The predicted molar refractivity (Wildman–Crippen MR) is 116 cm³/mol. The second-order valence-electron chi connectivity index (χ2n) is 7.79. The Morgan fingerprint density at radius 3 is 2.34 bits per heavy atom. The summed E-state index contributed by atoms with van der Waals surface area (Å²) in [5.74, 6) is -2.22. The lowest BCUT2D eigenvalue weighted by molar-refractivity contribution is -0.139. The maximum absolute atomic E-state index is 13.5. The molecule has 1 fully saturated rings. The molecule has 166 valence electrons. The van der Waals surface area contributed by atoms with Crippen LogP contribution in [-0.4, -0.2) is 48.9 Å². The summed E-state index contributed by atoms with van der Waals surface area (Å²) in [6, 6.07) is 4.78. The van der Waals surface area contributed by atoms with Crippen LogP contribution in [0.15, 0.2) is 53.9 Å². The molecule has 0 N–H and O–H groups in total. The van der Waals surface area contributed by atoms with Crippen molar-refractivity contribution in [2.45, 2.75) is 38.1 Å². The van der Waals surface area contributed by atoms with Gasteiger partial charge in [-0.25, -0.2) is 9.59 Å². The van der Waals surface area contributed by atoms with Crippen LogP contribution in [0.4, 0.5) is 5.69 Å². The normalized spacial score (nSPS) is 18.7. The summed E-state index contributed by atoms with van der Waals surface area (Å²) in [7, 11) is 2.42. The van der Waals surface area contributed by atoms with Crippen LogP contribution >= 0.6 is 0 Å². The van der Waals surface area contributed by atoms with Gasteiger partial charge in [0.25, 0.3) is 11.8 Å². The summed E-state index contributed by atoms with van der Waals surface area (Å²) >= 11 is 0. The van der Waals surface area contributed by atoms with Gasteiger partial charge in [0.15, 0.2) is 0 Å². The van der Waals surface area contributed by atoms with Gasteiger partial charge in [-0.3, -0.25) is 14.5 Å². The molecule has 8 heteroatoms. The third-order valence-corrected chi connectivity index (χ3v) is 6.01. The number of hydrogen-bond acceptors (Lipinski definition) is 7. The minimum Gasteiger partial charge on any atom is -0.465 e. The molecule has 0 saturated heterocycles. The molecule has 0 radical (unpaired) electrons. The number of fused-ring (bicyclic) bond motifs is 1. The second-order valence-corrected chi connectivity index (χ2v) is 7.79. The number of rotatable bonds is 4. The molecule has 3 aliphatic rings. The van der Waals surface area contributed by atoms with E-state index in [9.17, 15) is 19.2 Å². The van der Waals surface area contributed by atoms with Crippen molar-refractivity contribution in [2.75, 3.05) is 19.1 Å². The van der Waals surface area contributed by atoms with Gasteiger partial charge < -0.3 is 14.4 Å². The maximum atomic E-state index is 13.5. The summed E-state index contributed by atoms with van der Waals surface area (Å²) in [6.45, 7) is 0. The van der Waals surface area contributed by atoms with Crippen molar-refractivity contribution < 1.29 is 28.7 Å². The lowest BCUT2D eigenvalue weighted by atomic mass is 9.94. The topological polar surface area (TPSA) is 93.2 Å². The molecule has 32 heavy (non-hydrogen) atoms. The largest absolute Gasteiger partial charge is 0.465 e. The van der Waals surface area contributed by atoms with Crippen molar-refractivity contribution >= 4 is 29.4 Å². The first kappa shape index (κ1) is 21.5. The highest BCUT2D eigenvalue weighted by atomic mass is 16.5. The van der Waals surface area contributed by atoms with E-state index in [0.29, 0.717) is 5.69 Å². The quantitative estimate of drug-likeness (QED) is 0.529. The highest BCUT2D eigenvalue weighted by Crippen LogP contribution is 2.38. The van der Waals surface area contributed by atoms with Gasteiger partial charge in [0, 0.05) is 12.2 Å². The Hall–Kier alpha value is -3.68. The molecule has 8 nitrogen and oxygen atoms in total. The first-order chi connectivity index (χ1) is 15.5. The molecule has 4 rings (SSSR count). The van der Waals surface area contributed by atoms with Gasteiger partial charge in [-0.05, 0) is 37.1 Å². The van der Waals surface area contributed by atoms with E-state index in [1.165, 1.54) is 30.1 Å². The number of carbonyl (C=O) groups excluding carboxylic acids is 4. The van der Waals surface area contributed by atoms with E-state index in [-0.39, 0.29) is 40.3 Å². The Labute approximate surface area is 185 Å². The van der Waals surface area contributed by atoms with E-state index in [0.717, 1.165) is 32.1 Å². The minimum atomic E-state index is -0.778. The van der Waals surface area contributed by atoms with Crippen molar-refractivity contribution in [3.8, 4) is 0 Å². The lowest BCUT2D eigenvalue weighted by Gasteiger charge is -2.29. The monoisotopic (exact) mass is 436 g/mol. The number of nitrogens with zero attached hydrogens (tertiary/aromatic N) is 2. The molecule has 0 unspecified atom stereocenters. The van der Waals surface area contributed by atoms with Crippen LogP contribution < -0.4 is 4.90 Å². The molecule has 1 aromatic rings. The molecule has 1 aliphatic carbocycles. The summed E-state index contributed by atoms with van der Waals surface area (Å²) in [4.78, 5) is 54.6. The van der Waals surface area contributed by atoms with E-state index >= 15 is 0 Å². The summed E-state index contributed by atoms with van der Waals surface area (Å²) in [5, 5.41) is 0. The summed E-state index contributed by atoms with van der Waals surface area (Å²) < 4.78 is 9.77. The summed E-state index contributed by atoms with van der Waals surface area (Å²) in [6.07, 6.45) is 10.8. The average molecular weight is 436 g/mol.